The fourth-order valence-corrected chi connectivity index (χ4v) is 2.15. The summed E-state index contributed by atoms with van der Waals surface area (Å²) in [6.45, 7) is 4.36. The molecule has 5 heteroatoms. The number of fused-ring (bicyclic) bond motifs is 1. The summed E-state index contributed by atoms with van der Waals surface area (Å²) >= 11 is 0. The highest BCUT2D eigenvalue weighted by molar-refractivity contribution is 6.07. The quantitative estimate of drug-likeness (QED) is 0.815. The van der Waals surface area contributed by atoms with Gasteiger partial charge in [-0.15, -0.1) is 0 Å². The number of nitrogens with two attached hydrogens (primary N) is 1. The topological polar surface area (TPSA) is 75.4 Å². The number of benzene rings is 1. The van der Waals surface area contributed by atoms with Crippen molar-refractivity contribution in [3.05, 3.63) is 29.3 Å². The molecule has 96 valence electrons. The summed E-state index contributed by atoms with van der Waals surface area (Å²) in [6.07, 6.45) is 0. The molecule has 0 fully saturated rings. The van der Waals surface area contributed by atoms with Crippen molar-refractivity contribution in [1.82, 2.24) is 5.32 Å². The van der Waals surface area contributed by atoms with Gasteiger partial charge in [-0.25, -0.2) is 0 Å². The monoisotopic (exact) mass is 247 g/mol. The molecule has 1 aliphatic rings. The lowest BCUT2D eigenvalue weighted by atomic mass is 10.1. The average molecular weight is 247 g/mol. The Balaban J connectivity index is 2.28. The molecule has 2 rings (SSSR count). The first-order chi connectivity index (χ1) is 8.54. The van der Waals surface area contributed by atoms with Crippen LogP contribution < -0.4 is 16.0 Å². The number of nitrogens with zero attached hydrogens (tertiary/aromatic N) is 1. The molecule has 0 spiro atoms. The molecule has 0 aromatic heterocycles. The Morgan fingerprint density at radius 1 is 1.50 bits per heavy atom. The molecule has 1 unspecified atom stereocenters. The number of aryl methyl sites for hydroxylation is 1. The lowest BCUT2D eigenvalue weighted by Gasteiger charge is -2.16. The molecule has 2 amide bonds. The van der Waals surface area contributed by atoms with Gasteiger partial charge in [-0.2, -0.15) is 0 Å². The number of likely N-dealkylation sites (N-methyl/N-ethyl adjacent to an activating group) is 1. The van der Waals surface area contributed by atoms with Crippen LogP contribution in [-0.4, -0.2) is 24.9 Å². The third kappa shape index (κ3) is 2.09. The highest BCUT2D eigenvalue weighted by Crippen LogP contribution is 2.34. The zero-order chi connectivity index (χ0) is 13.3. The van der Waals surface area contributed by atoms with E-state index in [0.29, 0.717) is 6.54 Å². The van der Waals surface area contributed by atoms with Crippen LogP contribution in [-0.2, 0) is 9.59 Å². The number of carbonyl (C=O) groups is 2. The maximum Gasteiger partial charge on any atom is 0.249 e. The smallest absolute Gasteiger partial charge is 0.249 e. The van der Waals surface area contributed by atoms with Crippen LogP contribution in [0.1, 0.15) is 24.1 Å². The average Bonchev–Trinajstić information content (AvgIpc) is 2.55. The fraction of sp³-hybridized carbons (Fsp3) is 0.385. The van der Waals surface area contributed by atoms with Gasteiger partial charge in [0.15, 0.2) is 0 Å². The van der Waals surface area contributed by atoms with Crippen LogP contribution in [0.3, 0.4) is 0 Å². The van der Waals surface area contributed by atoms with Crippen LogP contribution in [0.2, 0.25) is 0 Å². The van der Waals surface area contributed by atoms with Crippen LogP contribution in [0.5, 0.6) is 0 Å². The Hall–Kier alpha value is -1.88. The molecule has 1 aromatic carbocycles. The summed E-state index contributed by atoms with van der Waals surface area (Å²) in [5, 5.41) is 2.68. The Kier molecular flexibility index (Phi) is 3.34. The molecule has 1 aromatic rings. The second-order valence-corrected chi connectivity index (χ2v) is 4.42. The molecular weight excluding hydrogens is 230 g/mol. The summed E-state index contributed by atoms with van der Waals surface area (Å²) < 4.78 is 0. The highest BCUT2D eigenvalue weighted by atomic mass is 16.2. The van der Waals surface area contributed by atoms with E-state index in [4.69, 9.17) is 5.73 Å². The Morgan fingerprint density at radius 2 is 2.22 bits per heavy atom. The van der Waals surface area contributed by atoms with E-state index >= 15 is 0 Å². The predicted octanol–water partition coefficient (Wildman–Crippen LogP) is 0.478. The van der Waals surface area contributed by atoms with Crippen LogP contribution in [0.15, 0.2) is 18.2 Å². The second-order valence-electron chi connectivity index (χ2n) is 4.42. The van der Waals surface area contributed by atoms with Crippen molar-refractivity contribution in [1.29, 1.82) is 0 Å². The molecule has 1 aliphatic heterocycles. The van der Waals surface area contributed by atoms with Gasteiger partial charge in [0.05, 0.1) is 0 Å². The number of hydrogen-bond donors (Lipinski definition) is 2. The van der Waals surface area contributed by atoms with Gasteiger partial charge in [-0.05, 0) is 19.9 Å². The zero-order valence-electron chi connectivity index (χ0n) is 10.6. The predicted molar refractivity (Wildman–Crippen MR) is 69.1 cm³/mol. The summed E-state index contributed by atoms with van der Waals surface area (Å²) in [5.41, 5.74) is 8.46. The molecular formula is C13H17N3O2. The standard InChI is InChI=1S/C13H17N3O2/c1-3-15-11(17)7-16-10-5-4-8(2)6-9(10)12(14)13(16)18/h4-6,12H,3,7,14H2,1-2H3,(H,15,17). The maximum absolute atomic E-state index is 12.0. The molecule has 1 atom stereocenters. The summed E-state index contributed by atoms with van der Waals surface area (Å²) in [7, 11) is 0. The second kappa shape index (κ2) is 4.78. The number of hydrogen-bond acceptors (Lipinski definition) is 3. The molecule has 1 heterocycles. The van der Waals surface area contributed by atoms with Gasteiger partial charge in [0.1, 0.15) is 12.6 Å². The lowest BCUT2D eigenvalue weighted by molar-refractivity contribution is -0.124. The third-order valence-corrected chi connectivity index (χ3v) is 3.02. The van der Waals surface area contributed by atoms with E-state index in [-0.39, 0.29) is 18.4 Å². The first-order valence-corrected chi connectivity index (χ1v) is 5.98. The van der Waals surface area contributed by atoms with E-state index in [0.717, 1.165) is 16.8 Å². The molecule has 0 radical (unpaired) electrons. The minimum absolute atomic E-state index is 0.0242. The number of nitrogens with one attached hydrogen (secondary N) is 1. The van der Waals surface area contributed by atoms with Gasteiger partial charge < -0.3 is 16.0 Å². The molecule has 0 saturated carbocycles. The minimum atomic E-state index is -0.658. The third-order valence-electron chi connectivity index (χ3n) is 3.02. The molecule has 5 nitrogen and oxygen atoms in total. The van der Waals surface area contributed by atoms with E-state index in [1.165, 1.54) is 4.90 Å². The van der Waals surface area contributed by atoms with Crippen LogP contribution in [0.4, 0.5) is 5.69 Å². The van der Waals surface area contributed by atoms with Crippen molar-refractivity contribution in [2.75, 3.05) is 18.0 Å². The van der Waals surface area contributed by atoms with Crippen LogP contribution in [0.25, 0.3) is 0 Å². The Morgan fingerprint density at radius 3 is 2.89 bits per heavy atom. The first kappa shape index (κ1) is 12.6. The lowest BCUT2D eigenvalue weighted by Crippen LogP contribution is -2.40. The Bertz CT molecular complexity index is 499. The summed E-state index contributed by atoms with van der Waals surface area (Å²) in [6, 6.07) is 4.99. The molecule has 0 bridgehead atoms. The van der Waals surface area contributed by atoms with E-state index in [1.54, 1.807) is 0 Å². The fourth-order valence-electron chi connectivity index (χ4n) is 2.15. The SMILES string of the molecule is CCNC(=O)CN1C(=O)C(N)c2cc(C)ccc21. The van der Waals surface area contributed by atoms with E-state index in [1.807, 2.05) is 32.0 Å². The number of carbonyl (C=O) groups excluding carboxylic acids is 2. The van der Waals surface area contributed by atoms with Gasteiger partial charge in [0.2, 0.25) is 11.8 Å². The zero-order valence-corrected chi connectivity index (χ0v) is 10.6. The largest absolute Gasteiger partial charge is 0.355 e. The minimum Gasteiger partial charge on any atom is -0.355 e. The van der Waals surface area contributed by atoms with Crippen LogP contribution in [0, 0.1) is 6.92 Å². The molecule has 0 saturated heterocycles. The van der Waals surface area contributed by atoms with Crippen molar-refractivity contribution in [3.63, 3.8) is 0 Å². The van der Waals surface area contributed by atoms with Gasteiger partial charge in [-0.1, -0.05) is 17.7 Å². The molecule has 0 aliphatic carbocycles. The van der Waals surface area contributed by atoms with Crippen molar-refractivity contribution in [2.24, 2.45) is 5.73 Å². The van der Waals surface area contributed by atoms with Gasteiger partial charge in [-0.3, -0.25) is 9.59 Å². The van der Waals surface area contributed by atoms with E-state index in [2.05, 4.69) is 5.32 Å². The van der Waals surface area contributed by atoms with Crippen LogP contribution >= 0.6 is 0 Å². The van der Waals surface area contributed by atoms with Gasteiger partial charge in [0, 0.05) is 17.8 Å². The summed E-state index contributed by atoms with van der Waals surface area (Å²) in [5.74, 6) is -0.395. The highest BCUT2D eigenvalue weighted by Gasteiger charge is 2.35. The number of anilines is 1. The van der Waals surface area contributed by atoms with Crippen molar-refractivity contribution >= 4 is 17.5 Å². The van der Waals surface area contributed by atoms with E-state index < -0.39 is 6.04 Å². The normalized spacial score (nSPS) is 17.8. The number of amides is 2. The number of rotatable bonds is 3. The van der Waals surface area contributed by atoms with Crippen molar-refractivity contribution in [2.45, 2.75) is 19.9 Å². The first-order valence-electron chi connectivity index (χ1n) is 5.98. The van der Waals surface area contributed by atoms with E-state index in [9.17, 15) is 9.59 Å². The van der Waals surface area contributed by atoms with Crippen molar-refractivity contribution < 1.29 is 9.59 Å². The maximum atomic E-state index is 12.0. The Labute approximate surface area is 106 Å². The molecule has 3 N–H and O–H groups in total. The van der Waals surface area contributed by atoms with Gasteiger partial charge >= 0.3 is 0 Å². The molecule has 18 heavy (non-hydrogen) atoms. The van der Waals surface area contributed by atoms with Gasteiger partial charge in [0.25, 0.3) is 0 Å². The summed E-state index contributed by atoms with van der Waals surface area (Å²) in [4.78, 5) is 25.1. The van der Waals surface area contributed by atoms with Crippen molar-refractivity contribution in [3.8, 4) is 0 Å².